The van der Waals surface area contributed by atoms with E-state index >= 15 is 0 Å². The molecule has 5 heteroatoms. The quantitative estimate of drug-likeness (QED) is 0.421. The van der Waals surface area contributed by atoms with Crippen LogP contribution in [0.15, 0.2) is 11.1 Å². The molecule has 0 aromatic heterocycles. The molecule has 1 atom stereocenters. The van der Waals surface area contributed by atoms with Crippen LogP contribution in [0.25, 0.3) is 0 Å². The average molecular weight is 156 g/mol. The highest BCUT2D eigenvalue weighted by Gasteiger charge is 2.25. The first-order valence-electron chi connectivity index (χ1n) is 2.65. The van der Waals surface area contributed by atoms with Crippen molar-refractivity contribution in [1.82, 2.24) is 0 Å². The number of nitrogens with zero attached hydrogens (tertiary/aromatic N) is 2. The second-order valence-corrected chi connectivity index (χ2v) is 2.99. The van der Waals surface area contributed by atoms with Crippen LogP contribution in [-0.4, -0.2) is 10.2 Å². The molecule has 1 unspecified atom stereocenters. The molecule has 0 fully saturated rings. The summed E-state index contributed by atoms with van der Waals surface area (Å²) in [6, 6.07) is 1.96. The first-order valence-corrected chi connectivity index (χ1v) is 3.53. The first kappa shape index (κ1) is 7.09. The van der Waals surface area contributed by atoms with E-state index in [9.17, 15) is 10.1 Å². The molecule has 1 heterocycles. The summed E-state index contributed by atoms with van der Waals surface area (Å²) < 4.78 is 0. The lowest BCUT2D eigenvalue weighted by molar-refractivity contribution is -0.410. The summed E-state index contributed by atoms with van der Waals surface area (Å²) in [7, 11) is 0. The number of nitriles is 1. The number of thioether (sulfide) groups is 1. The zero-order valence-electron chi connectivity index (χ0n) is 4.98. The van der Waals surface area contributed by atoms with Gasteiger partial charge < -0.3 is 0 Å². The summed E-state index contributed by atoms with van der Waals surface area (Å²) in [5.41, 5.74) is 0. The van der Waals surface area contributed by atoms with Gasteiger partial charge in [-0.1, -0.05) is 0 Å². The molecule has 0 N–H and O–H groups in total. The van der Waals surface area contributed by atoms with Crippen molar-refractivity contribution in [3.63, 3.8) is 0 Å². The third-order valence-electron chi connectivity index (χ3n) is 1.09. The van der Waals surface area contributed by atoms with Crippen LogP contribution in [0.2, 0.25) is 0 Å². The Bertz CT molecular complexity index is 230. The van der Waals surface area contributed by atoms with Gasteiger partial charge >= 0.3 is 5.03 Å². The van der Waals surface area contributed by atoms with Gasteiger partial charge in [0.25, 0.3) is 0 Å². The third kappa shape index (κ3) is 1.28. The van der Waals surface area contributed by atoms with Gasteiger partial charge in [0.2, 0.25) is 0 Å². The Hall–Kier alpha value is -1.02. The number of allylic oxidation sites excluding steroid dienone is 1. The smallest absolute Gasteiger partial charge is 0.258 e. The SMILES string of the molecule is N#CC1CC=C([N+](=O)[O-])S1. The van der Waals surface area contributed by atoms with Crippen LogP contribution in [0.5, 0.6) is 0 Å². The molecule has 52 valence electrons. The van der Waals surface area contributed by atoms with Crippen LogP contribution in [-0.2, 0) is 0 Å². The summed E-state index contributed by atoms with van der Waals surface area (Å²) >= 11 is 1.02. The van der Waals surface area contributed by atoms with E-state index in [1.54, 1.807) is 0 Å². The number of hydrogen-bond acceptors (Lipinski definition) is 4. The summed E-state index contributed by atoms with van der Waals surface area (Å²) in [6.45, 7) is 0. The normalized spacial score (nSPS) is 23.5. The van der Waals surface area contributed by atoms with Gasteiger partial charge in [0, 0.05) is 6.08 Å². The number of hydrogen-bond donors (Lipinski definition) is 0. The van der Waals surface area contributed by atoms with E-state index in [-0.39, 0.29) is 10.3 Å². The van der Waals surface area contributed by atoms with Crippen molar-refractivity contribution in [3.05, 3.63) is 21.2 Å². The van der Waals surface area contributed by atoms with Gasteiger partial charge in [-0.05, 0) is 18.2 Å². The molecule has 0 bridgehead atoms. The highest BCUT2D eigenvalue weighted by molar-refractivity contribution is 8.03. The molecule has 0 amide bonds. The summed E-state index contributed by atoms with van der Waals surface area (Å²) in [5.74, 6) is 0. The number of nitro groups is 1. The van der Waals surface area contributed by atoms with Crippen LogP contribution in [0.1, 0.15) is 6.42 Å². The molecule has 0 spiro atoms. The molecule has 1 aliphatic heterocycles. The maximum atomic E-state index is 10.1. The number of rotatable bonds is 1. The molecular weight excluding hydrogens is 152 g/mol. The molecule has 0 saturated heterocycles. The Balaban J connectivity index is 2.57. The first-order chi connectivity index (χ1) is 4.74. The van der Waals surface area contributed by atoms with Crippen LogP contribution in [0.4, 0.5) is 0 Å². The van der Waals surface area contributed by atoms with Crippen molar-refractivity contribution in [2.45, 2.75) is 11.7 Å². The lowest BCUT2D eigenvalue weighted by Gasteiger charge is -1.90. The second kappa shape index (κ2) is 2.71. The topological polar surface area (TPSA) is 66.9 Å². The summed E-state index contributed by atoms with van der Waals surface area (Å²) in [6.07, 6.45) is 1.98. The fourth-order valence-corrected chi connectivity index (χ4v) is 1.46. The Morgan fingerprint density at radius 3 is 3.00 bits per heavy atom. The fourth-order valence-electron chi connectivity index (χ4n) is 0.646. The minimum Gasteiger partial charge on any atom is -0.258 e. The molecule has 4 nitrogen and oxygen atoms in total. The maximum absolute atomic E-state index is 10.1. The average Bonchev–Trinajstić information content (AvgIpc) is 2.34. The molecule has 1 rings (SSSR count). The maximum Gasteiger partial charge on any atom is 0.300 e. The van der Waals surface area contributed by atoms with Gasteiger partial charge in [0.1, 0.15) is 5.25 Å². The van der Waals surface area contributed by atoms with Crippen LogP contribution in [0.3, 0.4) is 0 Å². The van der Waals surface area contributed by atoms with Gasteiger partial charge in [-0.3, -0.25) is 10.1 Å². The molecule has 1 aliphatic rings. The second-order valence-electron chi connectivity index (χ2n) is 1.77. The van der Waals surface area contributed by atoms with E-state index in [0.717, 1.165) is 11.8 Å². The van der Waals surface area contributed by atoms with E-state index in [1.165, 1.54) is 6.08 Å². The van der Waals surface area contributed by atoms with E-state index in [4.69, 9.17) is 5.26 Å². The van der Waals surface area contributed by atoms with Crippen molar-refractivity contribution in [2.24, 2.45) is 0 Å². The summed E-state index contributed by atoms with van der Waals surface area (Å²) in [4.78, 5) is 9.61. The van der Waals surface area contributed by atoms with E-state index < -0.39 is 4.92 Å². The molecule has 10 heavy (non-hydrogen) atoms. The van der Waals surface area contributed by atoms with Crippen molar-refractivity contribution >= 4 is 11.8 Å². The van der Waals surface area contributed by atoms with Gasteiger partial charge in [0.05, 0.1) is 11.0 Å². The Morgan fingerprint density at radius 2 is 2.70 bits per heavy atom. The minimum atomic E-state index is -0.456. The largest absolute Gasteiger partial charge is 0.300 e. The van der Waals surface area contributed by atoms with Crippen molar-refractivity contribution in [1.29, 1.82) is 5.26 Å². The predicted molar refractivity (Wildman–Crippen MR) is 36.7 cm³/mol. The van der Waals surface area contributed by atoms with E-state index in [2.05, 4.69) is 0 Å². The fraction of sp³-hybridized carbons (Fsp3) is 0.400. The predicted octanol–water partition coefficient (Wildman–Crippen LogP) is 1.13. The minimum absolute atomic E-state index is 0.103. The third-order valence-corrected chi connectivity index (χ3v) is 2.23. The van der Waals surface area contributed by atoms with Gasteiger partial charge in [0.15, 0.2) is 0 Å². The Morgan fingerprint density at radius 1 is 2.00 bits per heavy atom. The highest BCUT2D eigenvalue weighted by Crippen LogP contribution is 2.31. The lowest BCUT2D eigenvalue weighted by atomic mass is 10.3. The molecule has 0 aromatic carbocycles. The Labute approximate surface area is 61.7 Å². The lowest BCUT2D eigenvalue weighted by Crippen LogP contribution is -1.94. The van der Waals surface area contributed by atoms with Gasteiger partial charge in [-0.15, -0.1) is 0 Å². The zero-order valence-corrected chi connectivity index (χ0v) is 5.80. The molecule has 0 radical (unpaired) electrons. The van der Waals surface area contributed by atoms with Crippen molar-refractivity contribution in [2.75, 3.05) is 0 Å². The van der Waals surface area contributed by atoms with Gasteiger partial charge in [-0.2, -0.15) is 5.26 Å². The van der Waals surface area contributed by atoms with Crippen molar-refractivity contribution in [3.8, 4) is 6.07 Å². The standard InChI is InChI=1S/C5H4N2O2S/c6-3-4-1-2-5(10-4)7(8)9/h2,4H,1H2. The van der Waals surface area contributed by atoms with Crippen LogP contribution in [0, 0.1) is 21.4 Å². The monoisotopic (exact) mass is 156 g/mol. The van der Waals surface area contributed by atoms with E-state index in [1.807, 2.05) is 6.07 Å². The van der Waals surface area contributed by atoms with Crippen LogP contribution >= 0.6 is 11.8 Å². The van der Waals surface area contributed by atoms with Crippen LogP contribution < -0.4 is 0 Å². The molecule has 0 saturated carbocycles. The summed E-state index contributed by atoms with van der Waals surface area (Å²) in [5, 5.41) is 18.3. The Kier molecular flexibility index (Phi) is 1.92. The zero-order chi connectivity index (χ0) is 7.56. The molecule has 0 aromatic rings. The highest BCUT2D eigenvalue weighted by atomic mass is 32.2. The van der Waals surface area contributed by atoms with Gasteiger partial charge in [-0.25, -0.2) is 0 Å². The van der Waals surface area contributed by atoms with E-state index in [0.29, 0.717) is 6.42 Å². The molecule has 0 aliphatic carbocycles. The molecular formula is C5H4N2O2S. The van der Waals surface area contributed by atoms with Crippen molar-refractivity contribution < 1.29 is 4.92 Å².